The fourth-order valence-electron chi connectivity index (χ4n) is 3.71. The van der Waals surface area contributed by atoms with Crippen LogP contribution in [-0.4, -0.2) is 11.0 Å². The molecule has 0 saturated heterocycles. The van der Waals surface area contributed by atoms with Crippen LogP contribution >= 0.6 is 0 Å². The second-order valence-electron chi connectivity index (χ2n) is 5.73. The molecule has 3 atom stereocenters. The smallest absolute Gasteiger partial charge is 0.0469 e. The number of nitrogens with zero attached hydrogens (tertiary/aromatic N) is 1. The highest BCUT2D eigenvalue weighted by Gasteiger charge is 2.32. The average Bonchev–Trinajstić information content (AvgIpc) is 2.66. The molecule has 0 amide bonds. The molecule has 0 spiro atoms. The lowest BCUT2D eigenvalue weighted by Crippen LogP contribution is -2.24. The Balaban J connectivity index is 1.81. The minimum absolute atomic E-state index is 0.426. The summed E-state index contributed by atoms with van der Waals surface area (Å²) < 4.78 is 0. The summed E-state index contributed by atoms with van der Waals surface area (Å²) in [5, 5.41) is 0. The van der Waals surface area contributed by atoms with Gasteiger partial charge >= 0.3 is 0 Å². The molecule has 3 unspecified atom stereocenters. The summed E-state index contributed by atoms with van der Waals surface area (Å²) in [6, 6.07) is 4.74. The van der Waals surface area contributed by atoms with Crippen LogP contribution in [0.3, 0.4) is 0 Å². The topological polar surface area (TPSA) is 38.9 Å². The fourth-order valence-corrected chi connectivity index (χ4v) is 3.71. The molecular weight excluding hydrogens is 208 g/mol. The van der Waals surface area contributed by atoms with Crippen molar-refractivity contribution < 1.29 is 0 Å². The van der Waals surface area contributed by atoms with E-state index in [4.69, 9.17) is 5.73 Å². The molecule has 1 heterocycles. The molecule has 2 nitrogen and oxygen atoms in total. The molecule has 1 aromatic rings. The molecule has 2 aliphatic carbocycles. The number of aryl methyl sites for hydroxylation is 1. The summed E-state index contributed by atoms with van der Waals surface area (Å²) >= 11 is 0. The summed E-state index contributed by atoms with van der Waals surface area (Å²) in [7, 11) is 0. The van der Waals surface area contributed by atoms with Crippen molar-refractivity contribution in [1.29, 1.82) is 0 Å². The first kappa shape index (κ1) is 11.2. The fraction of sp³-hybridized carbons (Fsp3) is 0.667. The minimum atomic E-state index is 0.426. The van der Waals surface area contributed by atoms with Crippen LogP contribution in [0.2, 0.25) is 0 Å². The standard InChI is InChI=1S/C15H22N2/c16-13-6-2-1-4-12(10-13)14-8-7-11-5-3-9-17-15(11)14/h3,5,9,12-14H,1-2,4,6-8,10,16H2. The van der Waals surface area contributed by atoms with E-state index >= 15 is 0 Å². The second kappa shape index (κ2) is 4.77. The van der Waals surface area contributed by atoms with E-state index < -0.39 is 0 Å². The minimum Gasteiger partial charge on any atom is -0.328 e. The van der Waals surface area contributed by atoms with Gasteiger partial charge in [0, 0.05) is 23.9 Å². The van der Waals surface area contributed by atoms with Crippen LogP contribution < -0.4 is 5.73 Å². The molecule has 1 aromatic heterocycles. The van der Waals surface area contributed by atoms with Gasteiger partial charge in [-0.25, -0.2) is 0 Å². The monoisotopic (exact) mass is 230 g/mol. The third kappa shape index (κ3) is 2.23. The molecule has 1 fully saturated rings. The number of hydrogen-bond acceptors (Lipinski definition) is 2. The maximum Gasteiger partial charge on any atom is 0.0469 e. The van der Waals surface area contributed by atoms with Crippen LogP contribution in [0.1, 0.15) is 55.7 Å². The van der Waals surface area contributed by atoms with Gasteiger partial charge in [0.1, 0.15) is 0 Å². The van der Waals surface area contributed by atoms with Gasteiger partial charge in [-0.2, -0.15) is 0 Å². The predicted molar refractivity (Wildman–Crippen MR) is 69.8 cm³/mol. The highest BCUT2D eigenvalue weighted by atomic mass is 14.7. The van der Waals surface area contributed by atoms with Crippen LogP contribution in [0.5, 0.6) is 0 Å². The largest absolute Gasteiger partial charge is 0.328 e. The van der Waals surface area contributed by atoms with Crippen molar-refractivity contribution in [3.8, 4) is 0 Å². The van der Waals surface area contributed by atoms with Crippen LogP contribution in [0.4, 0.5) is 0 Å². The molecular formula is C15H22N2. The quantitative estimate of drug-likeness (QED) is 0.753. The second-order valence-corrected chi connectivity index (χ2v) is 5.73. The number of fused-ring (bicyclic) bond motifs is 1. The number of pyridine rings is 1. The van der Waals surface area contributed by atoms with Crippen molar-refractivity contribution in [2.24, 2.45) is 11.7 Å². The molecule has 92 valence electrons. The maximum atomic E-state index is 6.19. The Morgan fingerprint density at radius 3 is 3.00 bits per heavy atom. The first-order valence-corrected chi connectivity index (χ1v) is 7.04. The average molecular weight is 230 g/mol. The van der Waals surface area contributed by atoms with Crippen LogP contribution in [-0.2, 0) is 6.42 Å². The zero-order valence-electron chi connectivity index (χ0n) is 10.4. The van der Waals surface area contributed by atoms with Crippen LogP contribution in [0.25, 0.3) is 0 Å². The van der Waals surface area contributed by atoms with Crippen LogP contribution in [0.15, 0.2) is 18.3 Å². The highest BCUT2D eigenvalue weighted by molar-refractivity contribution is 5.29. The van der Waals surface area contributed by atoms with Crippen molar-refractivity contribution in [2.45, 2.75) is 56.9 Å². The van der Waals surface area contributed by atoms with E-state index in [9.17, 15) is 0 Å². The van der Waals surface area contributed by atoms with E-state index in [1.165, 1.54) is 56.2 Å². The molecule has 0 radical (unpaired) electrons. The van der Waals surface area contributed by atoms with Gasteiger partial charge < -0.3 is 5.73 Å². The van der Waals surface area contributed by atoms with E-state index in [-0.39, 0.29) is 0 Å². The van der Waals surface area contributed by atoms with Crippen molar-refractivity contribution >= 4 is 0 Å². The Kier molecular flexibility index (Phi) is 3.15. The van der Waals surface area contributed by atoms with Crippen molar-refractivity contribution in [1.82, 2.24) is 4.98 Å². The summed E-state index contributed by atoms with van der Waals surface area (Å²) in [6.07, 6.45) is 10.9. The Hall–Kier alpha value is -0.890. The van der Waals surface area contributed by atoms with Crippen molar-refractivity contribution in [3.63, 3.8) is 0 Å². The van der Waals surface area contributed by atoms with Crippen molar-refractivity contribution in [2.75, 3.05) is 0 Å². The molecule has 3 rings (SSSR count). The first-order valence-electron chi connectivity index (χ1n) is 7.04. The number of nitrogens with two attached hydrogens (primary N) is 1. The number of rotatable bonds is 1. The zero-order chi connectivity index (χ0) is 11.7. The highest BCUT2D eigenvalue weighted by Crippen LogP contribution is 2.42. The first-order chi connectivity index (χ1) is 8.34. The van der Waals surface area contributed by atoms with Gasteiger partial charge in [0.15, 0.2) is 0 Å². The van der Waals surface area contributed by atoms with Crippen molar-refractivity contribution in [3.05, 3.63) is 29.6 Å². The zero-order valence-corrected chi connectivity index (χ0v) is 10.4. The Morgan fingerprint density at radius 1 is 1.18 bits per heavy atom. The molecule has 0 aromatic carbocycles. The SMILES string of the molecule is NC1CCCCC(C2CCc3cccnc32)C1. The van der Waals surface area contributed by atoms with E-state index in [0.717, 1.165) is 5.92 Å². The van der Waals surface area contributed by atoms with E-state index in [1.54, 1.807) is 0 Å². The molecule has 1 saturated carbocycles. The lowest BCUT2D eigenvalue weighted by Gasteiger charge is -2.23. The summed E-state index contributed by atoms with van der Waals surface area (Å²) in [5.74, 6) is 1.47. The molecule has 2 aliphatic rings. The van der Waals surface area contributed by atoms with E-state index in [0.29, 0.717) is 12.0 Å². The molecule has 17 heavy (non-hydrogen) atoms. The third-order valence-corrected chi connectivity index (χ3v) is 4.58. The van der Waals surface area contributed by atoms with Gasteiger partial charge in [-0.3, -0.25) is 4.98 Å². The predicted octanol–water partition coefficient (Wildman–Crippen LogP) is 3.02. The Bertz CT molecular complexity index is 388. The van der Waals surface area contributed by atoms with Gasteiger partial charge in [0.05, 0.1) is 0 Å². The molecule has 0 bridgehead atoms. The number of aromatic nitrogens is 1. The Morgan fingerprint density at radius 2 is 2.06 bits per heavy atom. The van der Waals surface area contributed by atoms with Gasteiger partial charge in [0.25, 0.3) is 0 Å². The van der Waals surface area contributed by atoms with Gasteiger partial charge in [0.2, 0.25) is 0 Å². The Labute approximate surface area is 104 Å². The van der Waals surface area contributed by atoms with Gasteiger partial charge in [-0.15, -0.1) is 0 Å². The van der Waals surface area contributed by atoms with Crippen LogP contribution in [0, 0.1) is 5.92 Å². The maximum absolute atomic E-state index is 6.19. The summed E-state index contributed by atoms with van der Waals surface area (Å²) in [6.45, 7) is 0. The van der Waals surface area contributed by atoms with E-state index in [1.807, 2.05) is 6.20 Å². The lowest BCUT2D eigenvalue weighted by molar-refractivity contribution is 0.353. The molecule has 2 N–H and O–H groups in total. The summed E-state index contributed by atoms with van der Waals surface area (Å²) in [5.41, 5.74) is 9.06. The van der Waals surface area contributed by atoms with E-state index in [2.05, 4.69) is 17.1 Å². The molecule has 0 aliphatic heterocycles. The summed E-state index contributed by atoms with van der Waals surface area (Å²) in [4.78, 5) is 4.63. The molecule has 2 heteroatoms. The number of hydrogen-bond donors (Lipinski definition) is 1. The van der Waals surface area contributed by atoms with Gasteiger partial charge in [-0.05, 0) is 49.7 Å². The van der Waals surface area contributed by atoms with Gasteiger partial charge in [-0.1, -0.05) is 18.9 Å². The normalized spacial score (nSPS) is 33.1. The third-order valence-electron chi connectivity index (χ3n) is 4.58. The lowest BCUT2D eigenvalue weighted by atomic mass is 9.83.